The third kappa shape index (κ3) is 3.36. The van der Waals surface area contributed by atoms with E-state index in [0.29, 0.717) is 19.6 Å². The lowest BCUT2D eigenvalue weighted by Gasteiger charge is -2.24. The second-order valence-electron chi connectivity index (χ2n) is 4.97. The van der Waals surface area contributed by atoms with Gasteiger partial charge >= 0.3 is 5.97 Å². The van der Waals surface area contributed by atoms with Crippen molar-refractivity contribution in [2.75, 3.05) is 6.54 Å². The van der Waals surface area contributed by atoms with Crippen LogP contribution < -0.4 is 0 Å². The summed E-state index contributed by atoms with van der Waals surface area (Å²) in [6, 6.07) is 8.88. The normalized spacial score (nSPS) is 19.9. The Kier molecular flexibility index (Phi) is 4.74. The number of hydrogen-bond acceptors (Lipinski definition) is 3. The van der Waals surface area contributed by atoms with E-state index >= 15 is 0 Å². The minimum Gasteiger partial charge on any atom is -0.480 e. The molecule has 1 N–H and O–H groups in total. The topological polar surface area (TPSA) is 66.8 Å². The molecule has 1 aliphatic heterocycles. The Morgan fingerprint density at radius 1 is 1.40 bits per heavy atom. The van der Waals surface area contributed by atoms with Gasteiger partial charge in [0.15, 0.2) is 0 Å². The van der Waals surface area contributed by atoms with Crippen LogP contribution in [0.15, 0.2) is 30.3 Å². The zero-order valence-electron chi connectivity index (χ0n) is 11.5. The van der Waals surface area contributed by atoms with E-state index < -0.39 is 18.1 Å². The molecule has 1 aromatic carbocycles. The average Bonchev–Trinajstić information content (AvgIpc) is 2.94. The molecule has 1 aliphatic rings. The van der Waals surface area contributed by atoms with Gasteiger partial charge in [-0.25, -0.2) is 4.79 Å². The number of aliphatic carboxylic acids is 1. The van der Waals surface area contributed by atoms with Gasteiger partial charge in [0, 0.05) is 6.54 Å². The largest absolute Gasteiger partial charge is 0.480 e. The first-order valence-electron chi connectivity index (χ1n) is 6.78. The van der Waals surface area contributed by atoms with Crippen LogP contribution in [-0.4, -0.2) is 40.6 Å². The fourth-order valence-electron chi connectivity index (χ4n) is 2.39. The first-order valence-corrected chi connectivity index (χ1v) is 6.78. The zero-order chi connectivity index (χ0) is 14.5. The number of benzene rings is 1. The number of hydrogen-bond donors (Lipinski definition) is 1. The smallest absolute Gasteiger partial charge is 0.326 e. The molecule has 0 radical (unpaired) electrons. The van der Waals surface area contributed by atoms with E-state index in [1.165, 1.54) is 4.90 Å². The van der Waals surface area contributed by atoms with E-state index in [-0.39, 0.29) is 5.91 Å². The number of carboxylic acids is 1. The third-order valence-corrected chi connectivity index (χ3v) is 3.51. The van der Waals surface area contributed by atoms with E-state index in [2.05, 4.69) is 0 Å². The van der Waals surface area contributed by atoms with E-state index in [0.717, 1.165) is 12.0 Å². The lowest BCUT2D eigenvalue weighted by atomic mass is 10.2. The first kappa shape index (κ1) is 14.5. The van der Waals surface area contributed by atoms with E-state index in [4.69, 9.17) is 9.84 Å². The Hall–Kier alpha value is -1.88. The van der Waals surface area contributed by atoms with Crippen LogP contribution in [0.25, 0.3) is 0 Å². The van der Waals surface area contributed by atoms with Gasteiger partial charge in [0.2, 0.25) is 0 Å². The Labute approximate surface area is 118 Å². The van der Waals surface area contributed by atoms with Gasteiger partial charge in [-0.3, -0.25) is 4.79 Å². The quantitative estimate of drug-likeness (QED) is 0.889. The van der Waals surface area contributed by atoms with Gasteiger partial charge in [0.25, 0.3) is 5.91 Å². The second-order valence-corrected chi connectivity index (χ2v) is 4.97. The molecule has 5 nitrogen and oxygen atoms in total. The van der Waals surface area contributed by atoms with Crippen molar-refractivity contribution in [3.63, 3.8) is 0 Å². The first-order chi connectivity index (χ1) is 9.59. The number of amides is 1. The molecular weight excluding hydrogens is 258 g/mol. The summed E-state index contributed by atoms with van der Waals surface area (Å²) in [5.41, 5.74) is 0.989. The van der Waals surface area contributed by atoms with Crippen LogP contribution in [-0.2, 0) is 20.9 Å². The van der Waals surface area contributed by atoms with Gasteiger partial charge in [-0.1, -0.05) is 30.3 Å². The average molecular weight is 277 g/mol. The molecule has 0 aliphatic carbocycles. The molecule has 1 saturated heterocycles. The maximum atomic E-state index is 12.2. The monoisotopic (exact) mass is 277 g/mol. The molecule has 1 unspecified atom stereocenters. The van der Waals surface area contributed by atoms with Crippen LogP contribution in [0.5, 0.6) is 0 Å². The highest BCUT2D eigenvalue weighted by Gasteiger charge is 2.36. The van der Waals surface area contributed by atoms with Gasteiger partial charge in [0.05, 0.1) is 6.61 Å². The number of carbonyl (C=O) groups excluding carboxylic acids is 1. The SMILES string of the molecule is CC(OCc1ccccc1)C(=O)N1CCC[C@@H]1C(=O)O. The van der Waals surface area contributed by atoms with Crippen LogP contribution in [0.3, 0.4) is 0 Å². The molecule has 5 heteroatoms. The van der Waals surface area contributed by atoms with Crippen molar-refractivity contribution in [3.8, 4) is 0 Å². The van der Waals surface area contributed by atoms with E-state index in [9.17, 15) is 9.59 Å². The van der Waals surface area contributed by atoms with Crippen LogP contribution in [0.4, 0.5) is 0 Å². The molecule has 2 rings (SSSR count). The minimum absolute atomic E-state index is 0.245. The molecule has 1 heterocycles. The minimum atomic E-state index is -0.939. The fraction of sp³-hybridized carbons (Fsp3) is 0.467. The molecule has 0 saturated carbocycles. The van der Waals surface area contributed by atoms with Crippen molar-refractivity contribution in [1.82, 2.24) is 4.90 Å². The van der Waals surface area contributed by atoms with Crippen LogP contribution in [0.2, 0.25) is 0 Å². The maximum absolute atomic E-state index is 12.2. The lowest BCUT2D eigenvalue weighted by Crippen LogP contribution is -2.45. The van der Waals surface area contributed by atoms with Crippen molar-refractivity contribution >= 4 is 11.9 Å². The fourth-order valence-corrected chi connectivity index (χ4v) is 2.39. The van der Waals surface area contributed by atoms with Gasteiger partial charge in [-0.15, -0.1) is 0 Å². The Bertz CT molecular complexity index is 474. The Morgan fingerprint density at radius 3 is 2.75 bits per heavy atom. The molecule has 20 heavy (non-hydrogen) atoms. The summed E-state index contributed by atoms with van der Waals surface area (Å²) in [6.45, 7) is 2.51. The summed E-state index contributed by atoms with van der Waals surface area (Å²) >= 11 is 0. The molecule has 108 valence electrons. The molecule has 2 atom stereocenters. The van der Waals surface area contributed by atoms with Crippen LogP contribution in [0, 0.1) is 0 Å². The lowest BCUT2D eigenvalue weighted by molar-refractivity contribution is -0.153. The van der Waals surface area contributed by atoms with Gasteiger partial charge < -0.3 is 14.7 Å². The third-order valence-electron chi connectivity index (χ3n) is 3.51. The predicted octanol–water partition coefficient (Wildman–Crippen LogP) is 1.67. The number of carboxylic acid groups (broad SMARTS) is 1. The Morgan fingerprint density at radius 2 is 2.10 bits per heavy atom. The summed E-state index contributed by atoms with van der Waals surface area (Å²) in [5, 5.41) is 9.09. The number of carbonyl (C=O) groups is 2. The molecule has 1 fully saturated rings. The summed E-state index contributed by atoms with van der Waals surface area (Å²) in [7, 11) is 0. The summed E-state index contributed by atoms with van der Waals surface area (Å²) in [5.74, 6) is -1.18. The molecule has 1 aromatic rings. The van der Waals surface area contributed by atoms with Crippen molar-refractivity contribution in [3.05, 3.63) is 35.9 Å². The number of ether oxygens (including phenoxy) is 1. The van der Waals surface area contributed by atoms with Gasteiger partial charge in [0.1, 0.15) is 12.1 Å². The summed E-state index contributed by atoms with van der Waals surface area (Å²) in [4.78, 5) is 24.7. The second kappa shape index (κ2) is 6.52. The van der Waals surface area contributed by atoms with Crippen molar-refractivity contribution in [2.45, 2.75) is 38.5 Å². The number of nitrogens with zero attached hydrogens (tertiary/aromatic N) is 1. The highest BCUT2D eigenvalue weighted by atomic mass is 16.5. The van der Waals surface area contributed by atoms with Gasteiger partial charge in [-0.2, -0.15) is 0 Å². The van der Waals surface area contributed by atoms with E-state index in [1.54, 1.807) is 6.92 Å². The van der Waals surface area contributed by atoms with Gasteiger partial charge in [-0.05, 0) is 25.3 Å². The summed E-state index contributed by atoms with van der Waals surface area (Å²) in [6.07, 6.45) is 0.621. The molecule has 0 aromatic heterocycles. The van der Waals surface area contributed by atoms with Crippen molar-refractivity contribution < 1.29 is 19.4 Å². The predicted molar refractivity (Wildman–Crippen MR) is 73.1 cm³/mol. The molecule has 0 spiro atoms. The highest BCUT2D eigenvalue weighted by molar-refractivity contribution is 5.86. The molecule has 1 amide bonds. The number of rotatable bonds is 5. The maximum Gasteiger partial charge on any atom is 0.326 e. The van der Waals surface area contributed by atoms with Crippen LogP contribution in [0.1, 0.15) is 25.3 Å². The highest BCUT2D eigenvalue weighted by Crippen LogP contribution is 2.19. The molecule has 0 bridgehead atoms. The molecular formula is C15H19NO4. The zero-order valence-corrected chi connectivity index (χ0v) is 11.5. The van der Waals surface area contributed by atoms with E-state index in [1.807, 2.05) is 30.3 Å². The Balaban J connectivity index is 1.90. The number of likely N-dealkylation sites (tertiary alicyclic amines) is 1. The summed E-state index contributed by atoms with van der Waals surface area (Å²) < 4.78 is 5.55. The standard InChI is InChI=1S/C15H19NO4/c1-11(20-10-12-6-3-2-4-7-12)14(17)16-9-5-8-13(16)15(18)19/h2-4,6-7,11,13H,5,8-10H2,1H3,(H,18,19)/t11?,13-/m1/s1. The van der Waals surface area contributed by atoms with Crippen molar-refractivity contribution in [2.24, 2.45) is 0 Å². The van der Waals surface area contributed by atoms with Crippen LogP contribution >= 0.6 is 0 Å². The van der Waals surface area contributed by atoms with Crippen molar-refractivity contribution in [1.29, 1.82) is 0 Å².